The predicted octanol–water partition coefficient (Wildman–Crippen LogP) is 5.47. The zero-order chi connectivity index (χ0) is 26.9. The largest absolute Gasteiger partial charge is 0.507 e. The van der Waals surface area contributed by atoms with Gasteiger partial charge in [-0.25, -0.2) is 0 Å². The van der Waals surface area contributed by atoms with E-state index in [1.165, 1.54) is 12.0 Å². The number of carboxylic acid groups (broad SMARTS) is 1. The molecule has 4 rings (SSSR count). The third-order valence-corrected chi connectivity index (χ3v) is 6.65. The summed E-state index contributed by atoms with van der Waals surface area (Å²) in [7, 11) is 1.41. The van der Waals surface area contributed by atoms with Gasteiger partial charge < -0.3 is 14.9 Å². The number of carboxylic acids is 1. The lowest BCUT2D eigenvalue weighted by molar-refractivity contribution is -0.136. The SMILES string of the molecule is CCc1ccc(C2/C(=C(\O)c3cc(C)cc(Cl)c3OC)C(=O)C(=O)N2c2ccc(CC(=O)O)cc2)cc1. The van der Waals surface area contributed by atoms with E-state index in [4.69, 9.17) is 21.4 Å². The zero-order valence-corrected chi connectivity index (χ0v) is 21.4. The van der Waals surface area contributed by atoms with E-state index in [9.17, 15) is 19.5 Å². The molecule has 1 saturated heterocycles. The summed E-state index contributed by atoms with van der Waals surface area (Å²) in [5, 5.41) is 20.8. The molecule has 1 aliphatic heterocycles. The van der Waals surface area contributed by atoms with Gasteiger partial charge in [0, 0.05) is 5.69 Å². The van der Waals surface area contributed by atoms with Gasteiger partial charge in [-0.1, -0.05) is 54.9 Å². The first-order chi connectivity index (χ1) is 17.7. The van der Waals surface area contributed by atoms with Crippen molar-refractivity contribution >= 4 is 40.7 Å². The van der Waals surface area contributed by atoms with Gasteiger partial charge in [0.15, 0.2) is 0 Å². The monoisotopic (exact) mass is 519 g/mol. The maximum absolute atomic E-state index is 13.4. The van der Waals surface area contributed by atoms with Crippen molar-refractivity contribution in [2.75, 3.05) is 12.0 Å². The summed E-state index contributed by atoms with van der Waals surface area (Å²) in [6.07, 6.45) is 0.638. The van der Waals surface area contributed by atoms with E-state index in [1.807, 2.05) is 31.2 Å². The van der Waals surface area contributed by atoms with E-state index in [-0.39, 0.29) is 28.3 Å². The third-order valence-electron chi connectivity index (χ3n) is 6.37. The van der Waals surface area contributed by atoms with Crippen molar-refractivity contribution < 1.29 is 29.3 Å². The van der Waals surface area contributed by atoms with Crippen LogP contribution >= 0.6 is 11.6 Å². The summed E-state index contributed by atoms with van der Waals surface area (Å²) in [4.78, 5) is 39.2. The molecule has 8 heteroatoms. The van der Waals surface area contributed by atoms with Crippen LogP contribution in [0.1, 0.15) is 40.8 Å². The number of methoxy groups -OCH3 is 1. The lowest BCUT2D eigenvalue weighted by atomic mass is 9.93. The maximum Gasteiger partial charge on any atom is 0.307 e. The molecule has 7 nitrogen and oxygen atoms in total. The number of halogens is 1. The van der Waals surface area contributed by atoms with Gasteiger partial charge in [-0.15, -0.1) is 0 Å². The average molecular weight is 520 g/mol. The molecule has 0 saturated carbocycles. The fraction of sp³-hybridized carbons (Fsp3) is 0.207. The summed E-state index contributed by atoms with van der Waals surface area (Å²) in [5.74, 6) is -2.84. The van der Waals surface area contributed by atoms with Crippen LogP contribution in [-0.4, -0.2) is 35.0 Å². The number of aliphatic carboxylic acids is 1. The minimum absolute atomic E-state index is 0.0937. The van der Waals surface area contributed by atoms with Gasteiger partial charge in [-0.05, 0) is 59.9 Å². The van der Waals surface area contributed by atoms with Crippen molar-refractivity contribution in [3.63, 3.8) is 0 Å². The third kappa shape index (κ3) is 4.95. The number of hydrogen-bond donors (Lipinski definition) is 2. The second-order valence-corrected chi connectivity index (χ2v) is 9.24. The molecule has 0 spiro atoms. The Hall–Kier alpha value is -4.10. The molecular weight excluding hydrogens is 494 g/mol. The standard InChI is InChI=1S/C29H26ClNO6/c1-4-17-5-9-19(10-6-17)25-24(26(34)21-13-16(2)14-22(30)28(21)37-3)27(35)29(36)31(25)20-11-7-18(8-12-20)15-23(32)33/h5-14,25,34H,4,15H2,1-3H3,(H,32,33)/b26-24+. The van der Waals surface area contributed by atoms with Crippen molar-refractivity contribution in [2.45, 2.75) is 32.7 Å². The number of Topliss-reactive ketones (excluding diaryl/α,β-unsaturated/α-hetero) is 1. The van der Waals surface area contributed by atoms with Gasteiger partial charge in [0.05, 0.1) is 35.7 Å². The summed E-state index contributed by atoms with van der Waals surface area (Å²) in [6, 6.07) is 16.3. The minimum Gasteiger partial charge on any atom is -0.507 e. The number of ketones is 1. The second-order valence-electron chi connectivity index (χ2n) is 8.83. The topological polar surface area (TPSA) is 104 Å². The van der Waals surface area contributed by atoms with Gasteiger partial charge in [-0.3, -0.25) is 19.3 Å². The van der Waals surface area contributed by atoms with E-state index < -0.39 is 29.5 Å². The number of anilines is 1. The molecule has 3 aromatic rings. The number of carbonyl (C=O) groups excluding carboxylic acids is 2. The molecule has 1 amide bonds. The van der Waals surface area contributed by atoms with Crippen molar-refractivity contribution in [3.8, 4) is 5.75 Å². The number of ether oxygens (including phenoxy) is 1. The number of hydrogen-bond acceptors (Lipinski definition) is 5. The van der Waals surface area contributed by atoms with Crippen molar-refractivity contribution in [1.82, 2.24) is 0 Å². The van der Waals surface area contributed by atoms with Crippen LogP contribution in [0.3, 0.4) is 0 Å². The smallest absolute Gasteiger partial charge is 0.307 e. The summed E-state index contributed by atoms with van der Waals surface area (Å²) in [5.41, 5.74) is 3.50. The normalized spacial score (nSPS) is 16.8. The number of benzene rings is 3. The van der Waals surface area contributed by atoms with Crippen LogP contribution in [0.2, 0.25) is 5.02 Å². The van der Waals surface area contributed by atoms with Crippen molar-refractivity contribution in [1.29, 1.82) is 0 Å². The van der Waals surface area contributed by atoms with E-state index in [1.54, 1.807) is 43.3 Å². The van der Waals surface area contributed by atoms with Crippen LogP contribution < -0.4 is 9.64 Å². The van der Waals surface area contributed by atoms with E-state index in [2.05, 4.69) is 0 Å². The molecule has 3 aromatic carbocycles. The van der Waals surface area contributed by atoms with Gasteiger partial charge in [-0.2, -0.15) is 0 Å². The van der Waals surface area contributed by atoms with Gasteiger partial charge in [0.2, 0.25) is 0 Å². The Morgan fingerprint density at radius 1 is 1.00 bits per heavy atom. The molecule has 0 radical (unpaired) electrons. The highest BCUT2D eigenvalue weighted by Crippen LogP contribution is 2.44. The summed E-state index contributed by atoms with van der Waals surface area (Å²) >= 11 is 6.35. The predicted molar refractivity (Wildman–Crippen MR) is 141 cm³/mol. The Morgan fingerprint density at radius 2 is 1.62 bits per heavy atom. The first-order valence-corrected chi connectivity index (χ1v) is 12.1. The van der Waals surface area contributed by atoms with Crippen LogP contribution in [0.25, 0.3) is 5.76 Å². The molecule has 1 unspecified atom stereocenters. The number of aliphatic hydroxyl groups excluding tert-OH is 1. The lowest BCUT2D eigenvalue weighted by Crippen LogP contribution is -2.29. The molecule has 1 aliphatic rings. The molecular formula is C29H26ClNO6. The Bertz CT molecular complexity index is 1410. The number of nitrogens with zero attached hydrogens (tertiary/aromatic N) is 1. The van der Waals surface area contributed by atoms with Crippen LogP contribution in [0.5, 0.6) is 5.75 Å². The van der Waals surface area contributed by atoms with Crippen molar-refractivity contribution in [2.24, 2.45) is 0 Å². The van der Waals surface area contributed by atoms with Crippen LogP contribution in [0, 0.1) is 6.92 Å². The second kappa shape index (κ2) is 10.5. The average Bonchev–Trinajstić information content (AvgIpc) is 3.13. The Labute approximate surface area is 219 Å². The Balaban J connectivity index is 1.93. The highest BCUT2D eigenvalue weighted by molar-refractivity contribution is 6.51. The summed E-state index contributed by atoms with van der Waals surface area (Å²) < 4.78 is 5.42. The number of aryl methyl sites for hydroxylation is 2. The van der Waals surface area contributed by atoms with Crippen LogP contribution in [0.15, 0.2) is 66.2 Å². The van der Waals surface area contributed by atoms with E-state index in [0.717, 1.165) is 17.5 Å². The molecule has 2 N–H and O–H groups in total. The molecule has 1 heterocycles. The fourth-order valence-corrected chi connectivity index (χ4v) is 4.91. The molecule has 0 aromatic heterocycles. The van der Waals surface area contributed by atoms with Crippen LogP contribution in [0.4, 0.5) is 5.69 Å². The fourth-order valence-electron chi connectivity index (χ4n) is 4.56. The summed E-state index contributed by atoms with van der Waals surface area (Å²) in [6.45, 7) is 3.81. The first kappa shape index (κ1) is 26.0. The van der Waals surface area contributed by atoms with Gasteiger partial charge >= 0.3 is 5.97 Å². The first-order valence-electron chi connectivity index (χ1n) is 11.7. The van der Waals surface area contributed by atoms with Crippen molar-refractivity contribution in [3.05, 3.63) is 99.1 Å². The molecule has 0 bridgehead atoms. The molecule has 37 heavy (non-hydrogen) atoms. The molecule has 1 fully saturated rings. The number of carbonyl (C=O) groups is 3. The molecule has 0 aliphatic carbocycles. The highest BCUT2D eigenvalue weighted by atomic mass is 35.5. The van der Waals surface area contributed by atoms with Crippen LogP contribution in [-0.2, 0) is 27.2 Å². The van der Waals surface area contributed by atoms with E-state index >= 15 is 0 Å². The number of aliphatic hydroxyl groups is 1. The molecule has 1 atom stereocenters. The Morgan fingerprint density at radius 3 is 2.19 bits per heavy atom. The Kier molecular flexibility index (Phi) is 7.36. The minimum atomic E-state index is -0.977. The van der Waals surface area contributed by atoms with Gasteiger partial charge in [0.1, 0.15) is 11.5 Å². The molecule has 190 valence electrons. The van der Waals surface area contributed by atoms with Gasteiger partial charge in [0.25, 0.3) is 11.7 Å². The highest BCUT2D eigenvalue weighted by Gasteiger charge is 2.47. The number of rotatable bonds is 7. The lowest BCUT2D eigenvalue weighted by Gasteiger charge is -2.26. The zero-order valence-electron chi connectivity index (χ0n) is 20.6. The van der Waals surface area contributed by atoms with E-state index in [0.29, 0.717) is 16.8 Å². The maximum atomic E-state index is 13.4. The quantitative estimate of drug-likeness (QED) is 0.243. The number of amides is 1.